The van der Waals surface area contributed by atoms with Gasteiger partial charge in [0.05, 0.1) is 5.56 Å². The first-order valence-corrected chi connectivity index (χ1v) is 11.1. The van der Waals surface area contributed by atoms with E-state index in [0.29, 0.717) is 11.5 Å². The molecule has 0 unspecified atom stereocenters. The van der Waals surface area contributed by atoms with E-state index in [4.69, 9.17) is 14.9 Å². The molecule has 2 aromatic carbocycles. The van der Waals surface area contributed by atoms with Crippen molar-refractivity contribution in [3.05, 3.63) is 90.3 Å². The monoisotopic (exact) mass is 483 g/mol. The molecule has 3 heterocycles. The molecule has 35 heavy (non-hydrogen) atoms. The molecule has 6 nitrogen and oxygen atoms in total. The summed E-state index contributed by atoms with van der Waals surface area (Å²) < 4.78 is 48.7. The first-order valence-electron chi connectivity index (χ1n) is 11.1. The number of para-hydroxylation sites is 1. The van der Waals surface area contributed by atoms with Crippen molar-refractivity contribution in [3.8, 4) is 5.88 Å². The number of benzene rings is 2. The maximum atomic E-state index is 12.6. The Morgan fingerprint density at radius 3 is 2.29 bits per heavy atom. The van der Waals surface area contributed by atoms with Crippen LogP contribution in [-0.4, -0.2) is 30.1 Å². The highest BCUT2D eigenvalue weighted by atomic mass is 19.4. The second-order valence-electron chi connectivity index (χ2n) is 8.03. The van der Waals surface area contributed by atoms with Crippen LogP contribution in [0.4, 0.5) is 18.9 Å². The van der Waals surface area contributed by atoms with Gasteiger partial charge in [-0.05, 0) is 42.5 Å². The fourth-order valence-corrected chi connectivity index (χ4v) is 3.78. The van der Waals surface area contributed by atoms with Gasteiger partial charge in [0.25, 0.3) is 5.91 Å². The fourth-order valence-electron chi connectivity index (χ4n) is 3.78. The number of fused-ring (bicyclic) bond motifs is 1. The van der Waals surface area contributed by atoms with E-state index in [9.17, 15) is 18.0 Å². The summed E-state index contributed by atoms with van der Waals surface area (Å²) in [6, 6.07) is 19.9. The van der Waals surface area contributed by atoms with Gasteiger partial charge in [-0.2, -0.15) is 13.2 Å². The number of pyridine rings is 1. The van der Waals surface area contributed by atoms with Crippen LogP contribution >= 0.6 is 0 Å². The highest BCUT2D eigenvalue weighted by Gasteiger charge is 2.30. The Morgan fingerprint density at radius 2 is 1.69 bits per heavy atom. The van der Waals surface area contributed by atoms with Crippen LogP contribution in [0.3, 0.4) is 0 Å². The SMILES string of the molecule is FC(F)(F)c1ccc(N2CCC(Oc3ccccn3)CC2)cc1.NC(=O)c1cc2ccccc2o1. The third-order valence-electron chi connectivity index (χ3n) is 5.60. The Morgan fingerprint density at radius 1 is 1.00 bits per heavy atom. The lowest BCUT2D eigenvalue weighted by molar-refractivity contribution is -0.137. The molecule has 0 atom stereocenters. The number of ether oxygens (including phenoxy) is 1. The molecule has 2 N–H and O–H groups in total. The first-order chi connectivity index (χ1) is 16.8. The van der Waals surface area contributed by atoms with Gasteiger partial charge < -0.3 is 19.8 Å². The van der Waals surface area contributed by atoms with Crippen LogP contribution in [0.1, 0.15) is 29.0 Å². The molecule has 9 heteroatoms. The van der Waals surface area contributed by atoms with E-state index < -0.39 is 17.6 Å². The highest BCUT2D eigenvalue weighted by Crippen LogP contribution is 2.31. The number of hydrogen-bond acceptors (Lipinski definition) is 5. The summed E-state index contributed by atoms with van der Waals surface area (Å²) >= 11 is 0. The summed E-state index contributed by atoms with van der Waals surface area (Å²) in [4.78, 5) is 16.9. The van der Waals surface area contributed by atoms with E-state index in [1.165, 1.54) is 12.1 Å². The number of nitrogens with two attached hydrogens (primary N) is 1. The van der Waals surface area contributed by atoms with E-state index in [0.717, 1.165) is 49.1 Å². The van der Waals surface area contributed by atoms with Crippen LogP contribution in [0.5, 0.6) is 5.88 Å². The molecular formula is C26H24F3N3O3. The van der Waals surface area contributed by atoms with Crippen molar-refractivity contribution in [2.75, 3.05) is 18.0 Å². The predicted molar refractivity (Wildman–Crippen MR) is 126 cm³/mol. The second-order valence-corrected chi connectivity index (χ2v) is 8.03. The predicted octanol–water partition coefficient (Wildman–Crippen LogP) is 5.68. The molecule has 1 fully saturated rings. The van der Waals surface area contributed by atoms with Gasteiger partial charge in [-0.15, -0.1) is 0 Å². The molecule has 0 saturated carbocycles. The molecule has 0 spiro atoms. The molecule has 1 saturated heterocycles. The van der Waals surface area contributed by atoms with Crippen LogP contribution in [0.2, 0.25) is 0 Å². The minimum absolute atomic E-state index is 0.0931. The van der Waals surface area contributed by atoms with Crippen molar-refractivity contribution >= 4 is 22.6 Å². The Kier molecular flexibility index (Phi) is 7.24. The number of aromatic nitrogens is 1. The molecule has 5 rings (SSSR count). The van der Waals surface area contributed by atoms with E-state index in [2.05, 4.69) is 9.88 Å². The number of carbonyl (C=O) groups is 1. The van der Waals surface area contributed by atoms with E-state index in [-0.39, 0.29) is 11.9 Å². The van der Waals surface area contributed by atoms with Gasteiger partial charge in [0.15, 0.2) is 5.76 Å². The van der Waals surface area contributed by atoms with Crippen molar-refractivity contribution in [1.29, 1.82) is 0 Å². The lowest BCUT2D eigenvalue weighted by atomic mass is 10.1. The average molecular weight is 483 g/mol. The zero-order valence-corrected chi connectivity index (χ0v) is 18.7. The lowest BCUT2D eigenvalue weighted by Crippen LogP contribution is -2.38. The minimum atomic E-state index is -4.29. The molecule has 0 aliphatic carbocycles. The Hall–Kier alpha value is -4.01. The smallest absolute Gasteiger partial charge is 0.416 e. The number of alkyl halides is 3. The van der Waals surface area contributed by atoms with E-state index in [1.807, 2.05) is 36.4 Å². The molecule has 1 amide bonds. The Labute approximate surface area is 200 Å². The third-order valence-corrected chi connectivity index (χ3v) is 5.60. The van der Waals surface area contributed by atoms with Crippen LogP contribution in [0.25, 0.3) is 11.0 Å². The Bertz CT molecular complexity index is 1220. The average Bonchev–Trinajstić information content (AvgIpc) is 3.30. The molecule has 4 aromatic rings. The molecular weight excluding hydrogens is 459 g/mol. The zero-order valence-electron chi connectivity index (χ0n) is 18.7. The summed E-state index contributed by atoms with van der Waals surface area (Å²) in [6.45, 7) is 1.51. The number of carbonyl (C=O) groups excluding carboxylic acids is 1. The summed E-state index contributed by atoms with van der Waals surface area (Å²) in [5.74, 6) is 0.280. The van der Waals surface area contributed by atoms with Crippen molar-refractivity contribution < 1.29 is 27.1 Å². The zero-order chi connectivity index (χ0) is 24.8. The highest BCUT2D eigenvalue weighted by molar-refractivity contribution is 5.94. The van der Waals surface area contributed by atoms with Gasteiger partial charge in [0, 0.05) is 49.3 Å². The maximum Gasteiger partial charge on any atom is 0.416 e. The van der Waals surface area contributed by atoms with Gasteiger partial charge in [0.2, 0.25) is 5.88 Å². The maximum absolute atomic E-state index is 12.6. The van der Waals surface area contributed by atoms with Crippen molar-refractivity contribution in [2.45, 2.75) is 25.1 Å². The normalized spacial score (nSPS) is 14.3. The number of anilines is 1. The van der Waals surface area contributed by atoms with Crippen molar-refractivity contribution in [3.63, 3.8) is 0 Å². The molecule has 0 radical (unpaired) electrons. The molecule has 2 aromatic heterocycles. The summed E-state index contributed by atoms with van der Waals surface area (Å²) in [7, 11) is 0. The molecule has 182 valence electrons. The molecule has 0 bridgehead atoms. The minimum Gasteiger partial charge on any atom is -0.474 e. The number of furan rings is 1. The number of piperidine rings is 1. The van der Waals surface area contributed by atoms with Crippen LogP contribution in [0, 0.1) is 0 Å². The van der Waals surface area contributed by atoms with Crippen molar-refractivity contribution in [2.24, 2.45) is 5.73 Å². The topological polar surface area (TPSA) is 81.6 Å². The number of nitrogens with zero attached hydrogens (tertiary/aromatic N) is 2. The van der Waals surface area contributed by atoms with Gasteiger partial charge in [-0.3, -0.25) is 4.79 Å². The molecule has 1 aliphatic rings. The largest absolute Gasteiger partial charge is 0.474 e. The Balaban J connectivity index is 0.000000201. The van der Waals surface area contributed by atoms with Crippen LogP contribution in [0.15, 0.2) is 83.4 Å². The number of hydrogen-bond donors (Lipinski definition) is 1. The third kappa shape index (κ3) is 6.32. The van der Waals surface area contributed by atoms with Gasteiger partial charge in [0.1, 0.15) is 11.7 Å². The van der Waals surface area contributed by atoms with Gasteiger partial charge >= 0.3 is 6.18 Å². The number of primary amides is 1. The summed E-state index contributed by atoms with van der Waals surface area (Å²) in [6.07, 6.45) is -0.875. The van der Waals surface area contributed by atoms with Gasteiger partial charge in [-0.1, -0.05) is 24.3 Å². The van der Waals surface area contributed by atoms with E-state index >= 15 is 0 Å². The number of amides is 1. The number of rotatable bonds is 4. The summed E-state index contributed by atoms with van der Waals surface area (Å²) in [5, 5.41) is 0.895. The lowest BCUT2D eigenvalue weighted by Gasteiger charge is -2.33. The first kappa shape index (κ1) is 24.1. The quantitative estimate of drug-likeness (QED) is 0.404. The summed E-state index contributed by atoms with van der Waals surface area (Å²) in [5.41, 5.74) is 5.93. The van der Waals surface area contributed by atoms with Crippen LogP contribution in [-0.2, 0) is 6.18 Å². The van der Waals surface area contributed by atoms with E-state index in [1.54, 1.807) is 18.3 Å². The van der Waals surface area contributed by atoms with Crippen LogP contribution < -0.4 is 15.4 Å². The standard InChI is InChI=1S/C17H17F3N2O.C9H7NO2/c18-17(19,20)13-4-6-14(7-5-13)22-11-8-15(9-12-22)23-16-3-1-2-10-21-16;10-9(11)8-5-6-3-1-2-4-7(6)12-8/h1-7,10,15H,8-9,11-12H2;1-5H,(H2,10,11). The van der Waals surface area contributed by atoms with Gasteiger partial charge in [-0.25, -0.2) is 4.98 Å². The number of halogens is 3. The molecule has 1 aliphatic heterocycles. The second kappa shape index (κ2) is 10.5. The van der Waals surface area contributed by atoms with Crippen molar-refractivity contribution in [1.82, 2.24) is 4.98 Å². The fraction of sp³-hybridized carbons (Fsp3) is 0.231.